The first-order valence-electron chi connectivity index (χ1n) is 13.3. The zero-order valence-corrected chi connectivity index (χ0v) is 23.3. The van der Waals surface area contributed by atoms with Gasteiger partial charge in [-0.15, -0.1) is 0 Å². The Kier molecular flexibility index (Phi) is 9.80. The second-order valence-corrected chi connectivity index (χ2v) is 12.0. The number of methoxy groups -OCH3 is 1. The van der Waals surface area contributed by atoms with Gasteiger partial charge < -0.3 is 24.6 Å². The highest BCUT2D eigenvalue weighted by Crippen LogP contribution is 2.34. The summed E-state index contributed by atoms with van der Waals surface area (Å²) in [5.74, 6) is 0.462. The standard InChI is InChI=1S/C30H36N2O7S/c1-37-24-16-18-26(19-17-24)40(35,36)30(31,39-25-14-8-9-15-25)28(33)27(20-22-10-4-2-5-11-22)32-29(34)38-21-23-12-6-3-7-13-23/h2-7,10-13,16-19,25,27-28,33H,8-9,14-15,20-21,31H2,1H3,(H,32,34)/t27-,28+,30?/m0/s1. The number of nitrogens with two attached hydrogens (primary N) is 1. The molecule has 4 N–H and O–H groups in total. The number of carbonyl (C=O) groups is 1. The quantitative estimate of drug-likeness (QED) is 0.280. The number of carbonyl (C=O) groups excluding carboxylic acids is 1. The van der Waals surface area contributed by atoms with Crippen LogP contribution in [0.1, 0.15) is 36.8 Å². The molecule has 3 aromatic carbocycles. The smallest absolute Gasteiger partial charge is 0.407 e. The topological polar surface area (TPSA) is 137 Å². The lowest BCUT2D eigenvalue weighted by molar-refractivity contribution is -0.109. The van der Waals surface area contributed by atoms with Gasteiger partial charge in [0.2, 0.25) is 9.84 Å². The van der Waals surface area contributed by atoms with E-state index in [0.29, 0.717) is 18.6 Å². The minimum absolute atomic E-state index is 0.00266. The highest BCUT2D eigenvalue weighted by atomic mass is 32.2. The number of alkyl carbamates (subject to hydrolysis) is 1. The molecule has 0 aromatic heterocycles. The first-order chi connectivity index (χ1) is 19.2. The lowest BCUT2D eigenvalue weighted by Crippen LogP contribution is -2.66. The van der Waals surface area contributed by atoms with Crippen LogP contribution in [0.25, 0.3) is 0 Å². The molecule has 3 aromatic rings. The van der Waals surface area contributed by atoms with E-state index >= 15 is 0 Å². The summed E-state index contributed by atoms with van der Waals surface area (Å²) in [6, 6.07) is 22.7. The molecule has 1 amide bonds. The van der Waals surface area contributed by atoms with Crippen LogP contribution in [0.3, 0.4) is 0 Å². The Labute approximate surface area is 235 Å². The van der Waals surface area contributed by atoms with Gasteiger partial charge in [-0.1, -0.05) is 73.5 Å². The number of aliphatic hydroxyl groups is 1. The average Bonchev–Trinajstić information content (AvgIpc) is 3.49. The Hall–Kier alpha value is -3.44. The Morgan fingerprint density at radius 1 is 0.975 bits per heavy atom. The monoisotopic (exact) mass is 568 g/mol. The number of nitrogens with one attached hydrogen (secondary N) is 1. The highest BCUT2D eigenvalue weighted by molar-refractivity contribution is 7.92. The fourth-order valence-electron chi connectivity index (χ4n) is 4.80. The maximum Gasteiger partial charge on any atom is 0.407 e. The van der Waals surface area contributed by atoms with E-state index in [-0.39, 0.29) is 17.9 Å². The largest absolute Gasteiger partial charge is 0.497 e. The van der Waals surface area contributed by atoms with E-state index < -0.39 is 39.2 Å². The van der Waals surface area contributed by atoms with Crippen molar-refractivity contribution >= 4 is 15.9 Å². The van der Waals surface area contributed by atoms with Gasteiger partial charge in [0.25, 0.3) is 5.06 Å². The molecule has 0 bridgehead atoms. The van der Waals surface area contributed by atoms with E-state index in [9.17, 15) is 18.3 Å². The molecule has 214 valence electrons. The summed E-state index contributed by atoms with van der Waals surface area (Å²) in [5.41, 5.74) is 8.14. The van der Waals surface area contributed by atoms with Gasteiger partial charge in [0.05, 0.1) is 24.2 Å². The van der Waals surface area contributed by atoms with Crippen molar-refractivity contribution in [3.8, 4) is 5.75 Å². The van der Waals surface area contributed by atoms with Gasteiger partial charge in [-0.05, 0) is 54.7 Å². The van der Waals surface area contributed by atoms with E-state index in [1.165, 1.54) is 31.4 Å². The molecule has 9 nitrogen and oxygen atoms in total. The lowest BCUT2D eigenvalue weighted by atomic mass is 10.00. The fourth-order valence-corrected chi connectivity index (χ4v) is 6.41. The summed E-state index contributed by atoms with van der Waals surface area (Å²) < 4.78 is 44.7. The van der Waals surface area contributed by atoms with Gasteiger partial charge in [0.1, 0.15) is 18.5 Å². The van der Waals surface area contributed by atoms with Gasteiger partial charge in [-0.3, -0.25) is 5.73 Å². The zero-order chi connectivity index (χ0) is 28.6. The van der Waals surface area contributed by atoms with Crippen LogP contribution in [0.5, 0.6) is 5.75 Å². The maximum atomic E-state index is 14.0. The number of hydrogen-bond acceptors (Lipinski definition) is 8. The van der Waals surface area contributed by atoms with Gasteiger partial charge in [0.15, 0.2) is 0 Å². The molecule has 0 radical (unpaired) electrons. The first kappa shape index (κ1) is 29.5. The Bertz CT molecular complexity index is 1330. The summed E-state index contributed by atoms with van der Waals surface area (Å²) in [6.07, 6.45) is -0.130. The van der Waals surface area contributed by atoms with Crippen LogP contribution in [-0.4, -0.2) is 50.0 Å². The average molecular weight is 569 g/mol. The van der Waals surface area contributed by atoms with Gasteiger partial charge >= 0.3 is 6.09 Å². The molecule has 0 spiro atoms. The third-order valence-electron chi connectivity index (χ3n) is 7.05. The molecule has 1 saturated carbocycles. The highest BCUT2D eigenvalue weighted by Gasteiger charge is 2.53. The minimum atomic E-state index is -4.48. The van der Waals surface area contributed by atoms with Crippen LogP contribution in [-0.2, 0) is 32.3 Å². The second kappa shape index (κ2) is 13.3. The van der Waals surface area contributed by atoms with Crippen molar-refractivity contribution in [1.82, 2.24) is 5.32 Å². The Morgan fingerprint density at radius 2 is 1.55 bits per heavy atom. The minimum Gasteiger partial charge on any atom is -0.497 e. The van der Waals surface area contributed by atoms with Crippen molar-refractivity contribution in [2.24, 2.45) is 5.73 Å². The third-order valence-corrected chi connectivity index (χ3v) is 9.12. The fraction of sp³-hybridized carbons (Fsp3) is 0.367. The van der Waals surface area contributed by atoms with Gasteiger partial charge in [-0.2, -0.15) is 0 Å². The zero-order valence-electron chi connectivity index (χ0n) is 22.4. The van der Waals surface area contributed by atoms with E-state index in [2.05, 4.69) is 5.32 Å². The third kappa shape index (κ3) is 7.00. The van der Waals surface area contributed by atoms with E-state index in [1.807, 2.05) is 60.7 Å². The van der Waals surface area contributed by atoms with E-state index in [4.69, 9.17) is 19.9 Å². The van der Waals surface area contributed by atoms with Crippen LogP contribution < -0.4 is 15.8 Å². The van der Waals surface area contributed by atoms with Crippen molar-refractivity contribution in [3.05, 3.63) is 96.1 Å². The molecule has 0 heterocycles. The number of sulfone groups is 1. The van der Waals surface area contributed by atoms with Crippen LogP contribution in [0.4, 0.5) is 4.79 Å². The molecule has 0 aliphatic heterocycles. The molecule has 40 heavy (non-hydrogen) atoms. The Balaban J connectivity index is 1.66. The Morgan fingerprint density at radius 3 is 2.12 bits per heavy atom. The molecule has 0 saturated heterocycles. The van der Waals surface area contributed by atoms with Crippen molar-refractivity contribution in [2.45, 2.75) is 66.9 Å². The number of aliphatic hydroxyl groups excluding tert-OH is 1. The molecule has 1 aliphatic rings. The number of benzene rings is 3. The SMILES string of the molecule is COc1ccc(S(=O)(=O)C(N)(OC2CCCC2)[C@H](O)[C@H](Cc2ccccc2)NC(=O)OCc2ccccc2)cc1. The van der Waals surface area contributed by atoms with E-state index in [0.717, 1.165) is 24.0 Å². The lowest BCUT2D eigenvalue weighted by Gasteiger charge is -2.39. The van der Waals surface area contributed by atoms with Gasteiger partial charge in [-0.25, -0.2) is 13.2 Å². The van der Waals surface area contributed by atoms with Crippen molar-refractivity contribution < 1.29 is 32.5 Å². The van der Waals surface area contributed by atoms with Gasteiger partial charge in [0, 0.05) is 0 Å². The number of amides is 1. The first-order valence-corrected chi connectivity index (χ1v) is 14.8. The maximum absolute atomic E-state index is 14.0. The normalized spacial score (nSPS) is 17.0. The molecular weight excluding hydrogens is 532 g/mol. The van der Waals surface area contributed by atoms with Crippen LogP contribution in [0, 0.1) is 0 Å². The van der Waals surface area contributed by atoms with Crippen molar-refractivity contribution in [2.75, 3.05) is 7.11 Å². The van der Waals surface area contributed by atoms with Crippen LogP contribution in [0.2, 0.25) is 0 Å². The molecular formula is C30H36N2O7S. The summed E-state index contributed by atoms with van der Waals surface area (Å²) in [4.78, 5) is 12.8. The second-order valence-electron chi connectivity index (χ2n) is 9.87. The predicted octanol–water partition coefficient (Wildman–Crippen LogP) is 3.94. The van der Waals surface area contributed by atoms with Crippen LogP contribution in [0.15, 0.2) is 89.8 Å². The molecule has 1 unspecified atom stereocenters. The van der Waals surface area contributed by atoms with Crippen molar-refractivity contribution in [1.29, 1.82) is 0 Å². The predicted molar refractivity (Wildman–Crippen MR) is 150 cm³/mol. The van der Waals surface area contributed by atoms with E-state index in [1.54, 1.807) is 0 Å². The molecule has 4 rings (SSSR count). The molecule has 1 aliphatic carbocycles. The number of hydrogen-bond donors (Lipinski definition) is 3. The van der Waals surface area contributed by atoms with Crippen molar-refractivity contribution in [3.63, 3.8) is 0 Å². The number of rotatable bonds is 12. The summed E-state index contributed by atoms with van der Waals surface area (Å²) in [6.45, 7) is -0.00266. The number of ether oxygens (including phenoxy) is 3. The summed E-state index contributed by atoms with van der Waals surface area (Å²) >= 11 is 0. The molecule has 1 fully saturated rings. The summed E-state index contributed by atoms with van der Waals surface area (Å²) in [7, 11) is -3.01. The molecule has 10 heteroatoms. The molecule has 3 atom stereocenters. The summed E-state index contributed by atoms with van der Waals surface area (Å²) in [5, 5.41) is 11.8. The van der Waals surface area contributed by atoms with Crippen LogP contribution >= 0.6 is 0 Å².